The van der Waals surface area contributed by atoms with Gasteiger partial charge in [0, 0.05) is 11.0 Å². The number of ketones is 1. The zero-order valence-corrected chi connectivity index (χ0v) is 13.6. The third-order valence-electron chi connectivity index (χ3n) is 4.52. The second-order valence-corrected chi connectivity index (χ2v) is 7.16. The molecule has 128 valence electrons. The van der Waals surface area contributed by atoms with E-state index in [1.807, 2.05) is 13.8 Å². The summed E-state index contributed by atoms with van der Waals surface area (Å²) in [5.41, 5.74) is -5.00. The van der Waals surface area contributed by atoms with Gasteiger partial charge in [0.15, 0.2) is 5.78 Å². The summed E-state index contributed by atoms with van der Waals surface area (Å²) in [6.07, 6.45) is 2.44. The molecule has 0 spiro atoms. The van der Waals surface area contributed by atoms with Crippen LogP contribution in [0.5, 0.6) is 5.75 Å². The van der Waals surface area contributed by atoms with Crippen molar-refractivity contribution in [3.8, 4) is 5.75 Å². The minimum atomic E-state index is -5.71. The quantitative estimate of drug-likeness (QED) is 0.611. The van der Waals surface area contributed by atoms with Crippen LogP contribution in [0, 0.1) is 5.41 Å². The van der Waals surface area contributed by atoms with E-state index in [4.69, 9.17) is 0 Å². The predicted molar refractivity (Wildman–Crippen MR) is 77.7 cm³/mol. The first kappa shape index (κ1) is 17.8. The Morgan fingerprint density at radius 2 is 1.83 bits per heavy atom. The number of alkyl halides is 3. The molecular formula is C15H17F3O4S. The van der Waals surface area contributed by atoms with Crippen molar-refractivity contribution in [2.45, 2.75) is 45.0 Å². The number of halogens is 3. The molecule has 1 aromatic carbocycles. The lowest BCUT2D eigenvalue weighted by atomic mass is 9.67. The molecule has 0 unspecified atom stereocenters. The van der Waals surface area contributed by atoms with E-state index in [0.717, 1.165) is 6.07 Å². The van der Waals surface area contributed by atoms with Crippen LogP contribution in [-0.4, -0.2) is 19.7 Å². The Bertz CT molecular complexity index is 719. The Morgan fingerprint density at radius 3 is 2.35 bits per heavy atom. The van der Waals surface area contributed by atoms with Gasteiger partial charge in [0.05, 0.1) is 0 Å². The average Bonchev–Trinajstić information content (AvgIpc) is 2.47. The van der Waals surface area contributed by atoms with Gasteiger partial charge in [-0.15, -0.1) is 0 Å². The molecule has 8 heteroatoms. The van der Waals surface area contributed by atoms with Crippen molar-refractivity contribution in [2.24, 2.45) is 5.41 Å². The predicted octanol–water partition coefficient (Wildman–Crippen LogP) is 3.85. The van der Waals surface area contributed by atoms with E-state index in [1.165, 1.54) is 12.1 Å². The van der Waals surface area contributed by atoms with Gasteiger partial charge in [-0.05, 0) is 49.4 Å². The fourth-order valence-electron chi connectivity index (χ4n) is 2.92. The standard InChI is InChI=1S/C15H17F3O4S/c1-3-14(4-2)8-7-10-9-11(5-6-12(10)13(14)19)22-23(20,21)15(16,17)18/h5-6,9H,3-4,7-8H2,1-2H3. The molecule has 0 N–H and O–H groups in total. The van der Waals surface area contributed by atoms with E-state index in [2.05, 4.69) is 4.18 Å². The monoisotopic (exact) mass is 350 g/mol. The molecule has 0 amide bonds. The molecule has 0 aromatic heterocycles. The van der Waals surface area contributed by atoms with Gasteiger partial charge in [0.25, 0.3) is 0 Å². The minimum absolute atomic E-state index is 0.0472. The van der Waals surface area contributed by atoms with E-state index >= 15 is 0 Å². The largest absolute Gasteiger partial charge is 0.534 e. The summed E-state index contributed by atoms with van der Waals surface area (Å²) in [5, 5.41) is 0. The van der Waals surface area contributed by atoms with Crippen LogP contribution in [0.4, 0.5) is 13.2 Å². The summed E-state index contributed by atoms with van der Waals surface area (Å²) in [5.74, 6) is -0.483. The molecule has 2 rings (SSSR count). The van der Waals surface area contributed by atoms with Crippen LogP contribution in [-0.2, 0) is 16.5 Å². The fraction of sp³-hybridized carbons (Fsp3) is 0.533. The SMILES string of the molecule is CCC1(CC)CCc2cc(OS(=O)(=O)C(F)(F)F)ccc2C1=O. The van der Waals surface area contributed by atoms with Crippen molar-refractivity contribution in [3.05, 3.63) is 29.3 Å². The second kappa shape index (κ2) is 5.81. The number of carbonyl (C=O) groups is 1. The first-order valence-electron chi connectivity index (χ1n) is 7.25. The lowest BCUT2D eigenvalue weighted by Crippen LogP contribution is -2.35. The molecule has 4 nitrogen and oxygen atoms in total. The molecule has 0 atom stereocenters. The number of hydrogen-bond donors (Lipinski definition) is 0. The highest BCUT2D eigenvalue weighted by Crippen LogP contribution is 2.42. The zero-order valence-electron chi connectivity index (χ0n) is 12.7. The van der Waals surface area contributed by atoms with Crippen molar-refractivity contribution in [1.82, 2.24) is 0 Å². The van der Waals surface area contributed by atoms with E-state index in [1.54, 1.807) is 0 Å². The normalized spacial score (nSPS) is 17.7. The van der Waals surface area contributed by atoms with Crippen molar-refractivity contribution in [1.29, 1.82) is 0 Å². The van der Waals surface area contributed by atoms with Crippen LogP contribution < -0.4 is 4.18 Å². The third kappa shape index (κ3) is 3.08. The van der Waals surface area contributed by atoms with Crippen LogP contribution >= 0.6 is 0 Å². The van der Waals surface area contributed by atoms with Gasteiger partial charge in [-0.25, -0.2) is 0 Å². The Kier molecular flexibility index (Phi) is 4.49. The van der Waals surface area contributed by atoms with Crippen LogP contribution in [0.2, 0.25) is 0 Å². The number of Topliss-reactive ketones (excluding diaryl/α,β-unsaturated/α-hetero) is 1. The molecule has 0 bridgehead atoms. The van der Waals surface area contributed by atoms with Crippen molar-refractivity contribution >= 4 is 15.9 Å². The maximum atomic E-state index is 12.6. The molecule has 0 heterocycles. The van der Waals surface area contributed by atoms with Gasteiger partial charge >= 0.3 is 15.6 Å². The molecule has 1 aliphatic carbocycles. The first-order chi connectivity index (χ1) is 10.6. The summed E-state index contributed by atoms with van der Waals surface area (Å²) in [6, 6.07) is 3.63. The molecule has 0 radical (unpaired) electrons. The number of benzene rings is 1. The summed E-state index contributed by atoms with van der Waals surface area (Å²) in [7, 11) is -5.71. The van der Waals surface area contributed by atoms with Crippen LogP contribution in [0.3, 0.4) is 0 Å². The Morgan fingerprint density at radius 1 is 1.22 bits per heavy atom. The fourth-order valence-corrected chi connectivity index (χ4v) is 3.37. The van der Waals surface area contributed by atoms with Crippen LogP contribution in [0.15, 0.2) is 18.2 Å². The topological polar surface area (TPSA) is 60.4 Å². The number of aryl methyl sites for hydroxylation is 1. The highest BCUT2D eigenvalue weighted by molar-refractivity contribution is 7.88. The van der Waals surface area contributed by atoms with E-state index in [9.17, 15) is 26.4 Å². The summed E-state index contributed by atoms with van der Waals surface area (Å²) >= 11 is 0. The lowest BCUT2D eigenvalue weighted by Gasteiger charge is -2.35. The van der Waals surface area contributed by atoms with E-state index in [0.29, 0.717) is 36.8 Å². The van der Waals surface area contributed by atoms with E-state index in [-0.39, 0.29) is 5.78 Å². The highest BCUT2D eigenvalue weighted by Gasteiger charge is 2.48. The molecule has 0 fully saturated rings. The molecule has 0 aliphatic heterocycles. The van der Waals surface area contributed by atoms with Gasteiger partial charge in [-0.3, -0.25) is 4.79 Å². The van der Waals surface area contributed by atoms with Gasteiger partial charge in [0.2, 0.25) is 0 Å². The summed E-state index contributed by atoms with van der Waals surface area (Å²) in [4.78, 5) is 12.6. The molecular weight excluding hydrogens is 333 g/mol. The smallest absolute Gasteiger partial charge is 0.376 e. The average molecular weight is 350 g/mol. The molecule has 0 saturated carbocycles. The Hall–Kier alpha value is -1.57. The number of carbonyl (C=O) groups excluding carboxylic acids is 1. The van der Waals surface area contributed by atoms with Crippen molar-refractivity contribution < 1.29 is 30.6 Å². The van der Waals surface area contributed by atoms with Gasteiger partial charge < -0.3 is 4.18 Å². The van der Waals surface area contributed by atoms with Gasteiger partial charge in [-0.2, -0.15) is 21.6 Å². The first-order valence-corrected chi connectivity index (χ1v) is 8.65. The zero-order chi connectivity index (χ0) is 17.5. The molecule has 1 aromatic rings. The summed E-state index contributed by atoms with van der Waals surface area (Å²) in [6.45, 7) is 3.86. The van der Waals surface area contributed by atoms with Crippen LogP contribution in [0.1, 0.15) is 49.0 Å². The number of hydrogen-bond acceptors (Lipinski definition) is 4. The Balaban J connectivity index is 2.35. The molecule has 1 aliphatic rings. The molecule has 0 saturated heterocycles. The second-order valence-electron chi connectivity index (χ2n) is 5.62. The maximum Gasteiger partial charge on any atom is 0.534 e. The number of fused-ring (bicyclic) bond motifs is 1. The maximum absolute atomic E-state index is 12.6. The van der Waals surface area contributed by atoms with Crippen LogP contribution in [0.25, 0.3) is 0 Å². The Labute approximate surface area is 132 Å². The minimum Gasteiger partial charge on any atom is -0.376 e. The van der Waals surface area contributed by atoms with Gasteiger partial charge in [0.1, 0.15) is 5.75 Å². The highest BCUT2D eigenvalue weighted by atomic mass is 32.2. The summed E-state index contributed by atoms with van der Waals surface area (Å²) < 4.78 is 63.2. The molecule has 23 heavy (non-hydrogen) atoms. The van der Waals surface area contributed by atoms with Crippen molar-refractivity contribution in [2.75, 3.05) is 0 Å². The lowest BCUT2D eigenvalue weighted by molar-refractivity contribution is -0.0500. The van der Waals surface area contributed by atoms with Gasteiger partial charge in [-0.1, -0.05) is 13.8 Å². The van der Waals surface area contributed by atoms with Crippen molar-refractivity contribution in [3.63, 3.8) is 0 Å². The third-order valence-corrected chi connectivity index (χ3v) is 5.50. The number of rotatable bonds is 4. The van der Waals surface area contributed by atoms with E-state index < -0.39 is 26.8 Å².